The molecule has 60 heavy (non-hydrogen) atoms. The second-order valence-corrected chi connectivity index (χ2v) is 15.0. The van der Waals surface area contributed by atoms with Crippen molar-refractivity contribution in [3.05, 3.63) is 60.2 Å². The fourth-order valence-corrected chi connectivity index (χ4v) is 6.15. The van der Waals surface area contributed by atoms with Gasteiger partial charge in [-0.25, -0.2) is 0 Å². The molecular weight excluding hydrogens is 801 g/mol. The molecule has 0 atom stereocenters. The molecule has 0 saturated carbocycles. The lowest BCUT2D eigenvalue weighted by molar-refractivity contribution is -0.0279. The van der Waals surface area contributed by atoms with Gasteiger partial charge in [-0.1, -0.05) is 69.4 Å². The summed E-state index contributed by atoms with van der Waals surface area (Å²) in [7, 11) is -3.76. The molecule has 0 fully saturated rings. The van der Waals surface area contributed by atoms with Gasteiger partial charge in [0.05, 0.1) is 157 Å². The Bertz CT molecular complexity index is 1290. The second-order valence-electron chi connectivity index (χ2n) is 13.3. The molecule has 16 heteroatoms. The Labute approximate surface area is 359 Å². The van der Waals surface area contributed by atoms with Gasteiger partial charge in [-0.05, 0) is 42.7 Å². The van der Waals surface area contributed by atoms with Crippen LogP contribution in [0.25, 0.3) is 0 Å². The first-order valence-corrected chi connectivity index (χ1v) is 23.0. The van der Waals surface area contributed by atoms with Crippen LogP contribution in [0.15, 0.2) is 59.5 Å². The van der Waals surface area contributed by atoms with Crippen LogP contribution in [-0.4, -0.2) is 167 Å². The van der Waals surface area contributed by atoms with Gasteiger partial charge in [0.15, 0.2) is 0 Å². The number of benzene rings is 2. The van der Waals surface area contributed by atoms with Gasteiger partial charge in [-0.3, -0.25) is 4.18 Å². The second kappa shape index (κ2) is 40.8. The quantitative estimate of drug-likeness (QED) is 0.0603. The molecule has 0 heterocycles. The molecule has 15 nitrogen and oxygen atoms in total. The Balaban J connectivity index is 1.16. The largest absolute Gasteiger partial charge is 0.491 e. The van der Waals surface area contributed by atoms with Crippen molar-refractivity contribution < 1.29 is 69.4 Å². The van der Waals surface area contributed by atoms with Crippen molar-refractivity contribution in [2.24, 2.45) is 0 Å². The highest BCUT2D eigenvalue weighted by Gasteiger charge is 2.13. The molecule has 0 aromatic heterocycles. The first kappa shape index (κ1) is 53.8. The Morgan fingerprint density at radius 2 is 0.700 bits per heavy atom. The van der Waals surface area contributed by atoms with Crippen molar-refractivity contribution in [1.29, 1.82) is 0 Å². The van der Waals surface area contributed by atoms with Crippen LogP contribution in [0.1, 0.15) is 51.0 Å². The molecule has 0 aliphatic heterocycles. The molecule has 0 N–H and O–H groups in total. The van der Waals surface area contributed by atoms with Gasteiger partial charge < -0.3 is 56.8 Å². The zero-order valence-corrected chi connectivity index (χ0v) is 37.0. The van der Waals surface area contributed by atoms with Crippen LogP contribution in [0.3, 0.4) is 0 Å². The molecule has 0 bridgehead atoms. The maximum Gasteiger partial charge on any atom is 0.297 e. The van der Waals surface area contributed by atoms with Crippen molar-refractivity contribution in [3.8, 4) is 5.75 Å². The molecule has 2 aromatic rings. The maximum atomic E-state index is 12.0. The molecule has 2 rings (SSSR count). The zero-order valence-electron chi connectivity index (χ0n) is 36.1. The van der Waals surface area contributed by atoms with Crippen molar-refractivity contribution >= 4 is 10.1 Å². The minimum atomic E-state index is -3.76. The SMILES string of the molecule is CCCCCCCCc1ccc(OCCOCCOCCOCCOCCOCCOCCOCCOCCOCCOCCOCCOS(=O)(=O)c2ccccc2)cc1. The monoisotopic (exact) mass is 874 g/mol. The maximum absolute atomic E-state index is 12.0. The van der Waals surface area contributed by atoms with Gasteiger partial charge in [-0.15, -0.1) is 0 Å². The third kappa shape index (κ3) is 33.4. The summed E-state index contributed by atoms with van der Waals surface area (Å²) < 4.78 is 95.1. The van der Waals surface area contributed by atoms with Gasteiger partial charge in [0.2, 0.25) is 0 Å². The van der Waals surface area contributed by atoms with E-state index in [0.717, 1.165) is 12.2 Å². The van der Waals surface area contributed by atoms with Gasteiger partial charge in [-0.2, -0.15) is 8.42 Å². The van der Waals surface area contributed by atoms with Crippen molar-refractivity contribution in [2.75, 3.05) is 159 Å². The van der Waals surface area contributed by atoms with Gasteiger partial charge in [0.1, 0.15) is 12.4 Å². The third-order valence-electron chi connectivity index (χ3n) is 8.46. The van der Waals surface area contributed by atoms with E-state index in [-0.39, 0.29) is 18.1 Å². The Morgan fingerprint density at radius 3 is 1.08 bits per heavy atom. The molecule has 346 valence electrons. The predicted molar refractivity (Wildman–Crippen MR) is 228 cm³/mol. The molecule has 2 aromatic carbocycles. The molecule has 0 amide bonds. The number of hydrogen-bond acceptors (Lipinski definition) is 15. The predicted octanol–water partition coefficient (Wildman–Crippen LogP) is 5.56. The number of unbranched alkanes of at least 4 members (excludes halogenated alkanes) is 5. The lowest BCUT2D eigenvalue weighted by atomic mass is 10.0. The molecule has 0 aliphatic rings. The van der Waals surface area contributed by atoms with Gasteiger partial charge in [0, 0.05) is 0 Å². The first-order chi connectivity index (χ1) is 29.6. The van der Waals surface area contributed by atoms with E-state index in [1.54, 1.807) is 18.2 Å². The Kier molecular flexibility index (Phi) is 36.6. The standard InChI is InChI=1S/C44H74O15S/c1-2-3-4-5-6-8-11-42-14-16-43(17-15-42)58-40-38-56-36-34-54-32-30-52-28-26-50-24-22-48-20-18-47-19-21-49-23-25-51-27-29-53-31-33-55-35-37-57-39-41-59-60(45,46)44-12-9-7-10-13-44/h7,9-10,12-17H,2-6,8,11,18-41H2,1H3. The van der Waals surface area contributed by atoms with E-state index in [2.05, 4.69) is 19.1 Å². The summed E-state index contributed by atoms with van der Waals surface area (Å²) >= 11 is 0. The molecule has 0 spiro atoms. The molecule has 0 radical (unpaired) electrons. The lowest BCUT2D eigenvalue weighted by Gasteiger charge is -2.09. The molecule has 0 unspecified atom stereocenters. The van der Waals surface area contributed by atoms with Crippen LogP contribution in [0.5, 0.6) is 5.75 Å². The summed E-state index contributed by atoms with van der Waals surface area (Å²) in [5.41, 5.74) is 1.37. The van der Waals surface area contributed by atoms with Gasteiger partial charge >= 0.3 is 0 Å². The fourth-order valence-electron chi connectivity index (χ4n) is 5.24. The van der Waals surface area contributed by atoms with E-state index in [4.69, 9.17) is 61.0 Å². The summed E-state index contributed by atoms with van der Waals surface area (Å²) in [5.74, 6) is 0.878. The smallest absolute Gasteiger partial charge is 0.297 e. The average Bonchev–Trinajstić information content (AvgIpc) is 3.26. The Morgan fingerprint density at radius 1 is 0.367 bits per heavy atom. The van der Waals surface area contributed by atoms with Crippen LogP contribution in [0.4, 0.5) is 0 Å². The van der Waals surface area contributed by atoms with E-state index >= 15 is 0 Å². The van der Waals surface area contributed by atoms with Crippen LogP contribution in [-0.2, 0) is 72.8 Å². The highest BCUT2D eigenvalue weighted by Crippen LogP contribution is 2.15. The summed E-state index contributed by atoms with van der Waals surface area (Å²) in [5, 5.41) is 0. The highest BCUT2D eigenvalue weighted by atomic mass is 32.2. The van der Waals surface area contributed by atoms with Crippen molar-refractivity contribution in [3.63, 3.8) is 0 Å². The van der Waals surface area contributed by atoms with E-state index in [1.807, 2.05) is 12.1 Å². The van der Waals surface area contributed by atoms with Crippen LogP contribution in [0.2, 0.25) is 0 Å². The minimum absolute atomic E-state index is 0.0606. The molecular formula is C44H74O15S. The fraction of sp³-hybridized carbons (Fsp3) is 0.727. The third-order valence-corrected chi connectivity index (χ3v) is 9.78. The zero-order chi connectivity index (χ0) is 42.7. The molecule has 0 saturated heterocycles. The average molecular weight is 875 g/mol. The summed E-state index contributed by atoms with van der Waals surface area (Å²) in [6.07, 6.45) is 9.05. The number of hydrogen-bond donors (Lipinski definition) is 0. The van der Waals surface area contributed by atoms with E-state index < -0.39 is 10.1 Å². The number of rotatable bonds is 46. The van der Waals surface area contributed by atoms with Crippen LogP contribution >= 0.6 is 0 Å². The lowest BCUT2D eigenvalue weighted by Crippen LogP contribution is -2.16. The highest BCUT2D eigenvalue weighted by molar-refractivity contribution is 7.86. The van der Waals surface area contributed by atoms with E-state index in [1.165, 1.54) is 56.2 Å². The summed E-state index contributed by atoms with van der Waals surface area (Å²) in [4.78, 5) is 0.120. The summed E-state index contributed by atoms with van der Waals surface area (Å²) in [6, 6.07) is 16.4. The number of ether oxygens (including phenoxy) is 12. The molecule has 0 aliphatic carbocycles. The van der Waals surface area contributed by atoms with Gasteiger partial charge in [0.25, 0.3) is 10.1 Å². The minimum Gasteiger partial charge on any atom is -0.491 e. The van der Waals surface area contributed by atoms with Crippen LogP contribution in [0, 0.1) is 0 Å². The number of aryl methyl sites for hydroxylation is 1. The van der Waals surface area contributed by atoms with Crippen LogP contribution < -0.4 is 4.74 Å². The topological polar surface area (TPSA) is 154 Å². The Hall–Kier alpha value is -2.29. The van der Waals surface area contributed by atoms with Crippen molar-refractivity contribution in [1.82, 2.24) is 0 Å². The van der Waals surface area contributed by atoms with E-state index in [9.17, 15) is 8.42 Å². The summed E-state index contributed by atoms with van der Waals surface area (Å²) in [6.45, 7) is 12.8. The van der Waals surface area contributed by atoms with Crippen molar-refractivity contribution in [2.45, 2.75) is 56.8 Å². The first-order valence-electron chi connectivity index (χ1n) is 21.6. The van der Waals surface area contributed by atoms with E-state index in [0.29, 0.717) is 145 Å². The normalized spacial score (nSPS) is 11.8.